The number of nitrogens with zero attached hydrogens (tertiary/aromatic N) is 2. The summed E-state index contributed by atoms with van der Waals surface area (Å²) in [6.07, 6.45) is 1.89. The third-order valence-corrected chi connectivity index (χ3v) is 5.36. The topological polar surface area (TPSA) is 81.8 Å². The number of nitrogen functional groups attached to an aromatic ring is 1. The lowest BCUT2D eigenvalue weighted by molar-refractivity contribution is 0.0802. The quantitative estimate of drug-likeness (QED) is 0.739. The number of nitrogens with one attached hydrogen (secondary N) is 1. The summed E-state index contributed by atoms with van der Waals surface area (Å²) in [5, 5.41) is 12.5. The second-order valence-electron chi connectivity index (χ2n) is 7.09. The number of hydrogen-bond acceptors (Lipinski definition) is 4. The molecule has 2 aliphatic heterocycles. The standard InChI is InChI=1S/C17H25FN4O2/c1-17(6-9-21(11-17)16(23)24)22-7-4-13(5-8-22)20-15-10-12(18)2-3-14(15)19/h2-3,10,13,20H,4-9,11,19H2,1H3,(H,23,24). The van der Waals surface area contributed by atoms with Crippen LogP contribution in [0.1, 0.15) is 26.2 Å². The summed E-state index contributed by atoms with van der Waals surface area (Å²) in [6.45, 7) is 5.11. The predicted octanol–water partition coefficient (Wildman–Crippen LogP) is 2.43. The number of nitrogens with two attached hydrogens (primary N) is 1. The number of hydrogen-bond donors (Lipinski definition) is 3. The lowest BCUT2D eigenvalue weighted by Crippen LogP contribution is -2.53. The number of benzene rings is 1. The Morgan fingerprint density at radius 1 is 1.38 bits per heavy atom. The van der Waals surface area contributed by atoms with E-state index in [1.165, 1.54) is 17.0 Å². The molecule has 1 aromatic carbocycles. The first-order valence-corrected chi connectivity index (χ1v) is 8.42. The van der Waals surface area contributed by atoms with Crippen molar-refractivity contribution < 1.29 is 14.3 Å². The van der Waals surface area contributed by atoms with E-state index in [2.05, 4.69) is 17.1 Å². The van der Waals surface area contributed by atoms with Crippen molar-refractivity contribution in [3.05, 3.63) is 24.0 Å². The van der Waals surface area contributed by atoms with Gasteiger partial charge in [0.05, 0.1) is 11.4 Å². The van der Waals surface area contributed by atoms with Gasteiger partial charge < -0.3 is 21.1 Å². The summed E-state index contributed by atoms with van der Waals surface area (Å²) in [6, 6.07) is 4.63. The van der Waals surface area contributed by atoms with Gasteiger partial charge in [0.25, 0.3) is 0 Å². The second kappa shape index (κ2) is 6.47. The van der Waals surface area contributed by atoms with E-state index in [1.807, 2.05) is 0 Å². The number of anilines is 2. The Kier molecular flexibility index (Phi) is 4.54. The highest BCUT2D eigenvalue weighted by Crippen LogP contribution is 2.31. The van der Waals surface area contributed by atoms with Gasteiger partial charge in [-0.1, -0.05) is 0 Å². The van der Waals surface area contributed by atoms with Crippen molar-refractivity contribution in [2.75, 3.05) is 37.2 Å². The van der Waals surface area contributed by atoms with Gasteiger partial charge in [-0.3, -0.25) is 4.90 Å². The molecule has 7 heteroatoms. The molecule has 6 nitrogen and oxygen atoms in total. The average Bonchev–Trinajstić information content (AvgIpc) is 2.96. The van der Waals surface area contributed by atoms with Crippen LogP contribution >= 0.6 is 0 Å². The summed E-state index contributed by atoms with van der Waals surface area (Å²) >= 11 is 0. The molecule has 0 aromatic heterocycles. The van der Waals surface area contributed by atoms with Gasteiger partial charge in [0.1, 0.15) is 5.82 Å². The number of carbonyl (C=O) groups is 1. The van der Waals surface area contributed by atoms with Gasteiger partial charge in [-0.25, -0.2) is 9.18 Å². The number of halogens is 1. The molecule has 3 rings (SSSR count). The highest BCUT2D eigenvalue weighted by molar-refractivity contribution is 5.66. The molecule has 1 amide bonds. The van der Waals surface area contributed by atoms with E-state index < -0.39 is 6.09 Å². The van der Waals surface area contributed by atoms with Crippen molar-refractivity contribution in [3.8, 4) is 0 Å². The number of piperidine rings is 1. The van der Waals surface area contributed by atoms with Gasteiger partial charge >= 0.3 is 6.09 Å². The Labute approximate surface area is 141 Å². The number of likely N-dealkylation sites (tertiary alicyclic amines) is 2. The van der Waals surface area contributed by atoms with Crippen LogP contribution in [0.5, 0.6) is 0 Å². The van der Waals surface area contributed by atoms with Crippen molar-refractivity contribution >= 4 is 17.5 Å². The molecule has 4 N–H and O–H groups in total. The minimum atomic E-state index is -0.836. The lowest BCUT2D eigenvalue weighted by Gasteiger charge is -2.43. The van der Waals surface area contributed by atoms with Gasteiger partial charge in [0.15, 0.2) is 0 Å². The zero-order valence-corrected chi connectivity index (χ0v) is 14.0. The van der Waals surface area contributed by atoms with E-state index in [0.29, 0.717) is 24.5 Å². The van der Waals surface area contributed by atoms with Crippen LogP contribution in [0.4, 0.5) is 20.6 Å². The Morgan fingerprint density at radius 2 is 2.08 bits per heavy atom. The van der Waals surface area contributed by atoms with Crippen LogP contribution in [0.3, 0.4) is 0 Å². The molecule has 2 aliphatic rings. The average molecular weight is 336 g/mol. The molecular formula is C17H25FN4O2. The van der Waals surface area contributed by atoms with Gasteiger partial charge in [-0.15, -0.1) is 0 Å². The fraction of sp³-hybridized carbons (Fsp3) is 0.588. The van der Waals surface area contributed by atoms with E-state index >= 15 is 0 Å². The second-order valence-corrected chi connectivity index (χ2v) is 7.09. The van der Waals surface area contributed by atoms with Gasteiger partial charge in [-0.2, -0.15) is 0 Å². The maximum absolute atomic E-state index is 13.4. The highest BCUT2D eigenvalue weighted by Gasteiger charge is 2.41. The maximum Gasteiger partial charge on any atom is 0.407 e. The molecule has 1 unspecified atom stereocenters. The molecular weight excluding hydrogens is 311 g/mol. The summed E-state index contributed by atoms with van der Waals surface area (Å²) in [4.78, 5) is 15.0. The summed E-state index contributed by atoms with van der Waals surface area (Å²) in [7, 11) is 0. The summed E-state index contributed by atoms with van der Waals surface area (Å²) in [5.74, 6) is -0.295. The lowest BCUT2D eigenvalue weighted by atomic mass is 9.94. The van der Waals surface area contributed by atoms with Crippen molar-refractivity contribution in [1.82, 2.24) is 9.80 Å². The van der Waals surface area contributed by atoms with Crippen LogP contribution < -0.4 is 11.1 Å². The van der Waals surface area contributed by atoms with Crippen molar-refractivity contribution in [2.45, 2.75) is 37.8 Å². The zero-order chi connectivity index (χ0) is 17.3. The molecule has 24 heavy (non-hydrogen) atoms. The molecule has 0 saturated carbocycles. The largest absolute Gasteiger partial charge is 0.465 e. The van der Waals surface area contributed by atoms with Crippen molar-refractivity contribution in [3.63, 3.8) is 0 Å². The predicted molar refractivity (Wildman–Crippen MR) is 91.6 cm³/mol. The molecule has 0 spiro atoms. The van der Waals surface area contributed by atoms with E-state index in [0.717, 1.165) is 32.4 Å². The normalized spacial score (nSPS) is 25.8. The van der Waals surface area contributed by atoms with Crippen LogP contribution in [-0.2, 0) is 0 Å². The first kappa shape index (κ1) is 16.8. The van der Waals surface area contributed by atoms with Gasteiger partial charge in [0.2, 0.25) is 0 Å². The number of rotatable bonds is 3. The molecule has 0 aliphatic carbocycles. The van der Waals surface area contributed by atoms with E-state index in [9.17, 15) is 9.18 Å². The maximum atomic E-state index is 13.4. The van der Waals surface area contributed by atoms with Gasteiger partial charge in [0, 0.05) is 37.8 Å². The minimum Gasteiger partial charge on any atom is -0.465 e. The van der Waals surface area contributed by atoms with E-state index in [-0.39, 0.29) is 17.4 Å². The third-order valence-electron chi connectivity index (χ3n) is 5.36. The van der Waals surface area contributed by atoms with Crippen LogP contribution in [0.25, 0.3) is 0 Å². The Morgan fingerprint density at radius 3 is 2.71 bits per heavy atom. The summed E-state index contributed by atoms with van der Waals surface area (Å²) < 4.78 is 13.4. The molecule has 1 atom stereocenters. The van der Waals surface area contributed by atoms with Crippen molar-refractivity contribution in [1.29, 1.82) is 0 Å². The molecule has 2 heterocycles. The smallest absolute Gasteiger partial charge is 0.407 e. The van der Waals surface area contributed by atoms with Gasteiger partial charge in [-0.05, 0) is 44.4 Å². The molecule has 0 bridgehead atoms. The third kappa shape index (κ3) is 3.40. The van der Waals surface area contributed by atoms with Crippen LogP contribution in [-0.4, -0.2) is 58.8 Å². The number of amides is 1. The monoisotopic (exact) mass is 336 g/mol. The van der Waals surface area contributed by atoms with Crippen molar-refractivity contribution in [2.24, 2.45) is 0 Å². The Balaban J connectivity index is 1.56. The van der Waals surface area contributed by atoms with Crippen LogP contribution in [0, 0.1) is 5.82 Å². The molecule has 132 valence electrons. The first-order chi connectivity index (χ1) is 11.4. The van der Waals surface area contributed by atoms with Crippen LogP contribution in [0.2, 0.25) is 0 Å². The van der Waals surface area contributed by atoms with E-state index in [1.54, 1.807) is 6.07 Å². The van der Waals surface area contributed by atoms with Crippen LogP contribution in [0.15, 0.2) is 18.2 Å². The minimum absolute atomic E-state index is 0.0821. The fourth-order valence-corrected chi connectivity index (χ4v) is 3.80. The highest BCUT2D eigenvalue weighted by atomic mass is 19.1. The Hall–Kier alpha value is -2.02. The first-order valence-electron chi connectivity index (χ1n) is 8.42. The molecule has 1 aromatic rings. The molecule has 2 saturated heterocycles. The Bertz CT molecular complexity index is 619. The number of carboxylic acid groups (broad SMARTS) is 1. The molecule has 2 fully saturated rings. The SMILES string of the molecule is CC1(N2CCC(Nc3cc(F)ccc3N)CC2)CCN(C(=O)O)C1. The molecule has 0 radical (unpaired) electrons. The van der Waals surface area contributed by atoms with E-state index in [4.69, 9.17) is 10.8 Å². The fourth-order valence-electron chi connectivity index (χ4n) is 3.80. The summed E-state index contributed by atoms with van der Waals surface area (Å²) in [5.41, 5.74) is 7.02. The zero-order valence-electron chi connectivity index (χ0n) is 14.0.